The lowest BCUT2D eigenvalue weighted by Gasteiger charge is -2.16. The predicted molar refractivity (Wildman–Crippen MR) is 74.4 cm³/mol. The van der Waals surface area contributed by atoms with Gasteiger partial charge in [-0.15, -0.1) is 0 Å². The fourth-order valence-electron chi connectivity index (χ4n) is 2.49. The minimum Gasteiger partial charge on any atom is -0.489 e. The Morgan fingerprint density at radius 1 is 1.00 bits per heavy atom. The number of fused-ring (bicyclic) bond motifs is 1. The maximum Gasteiger partial charge on any atom is 0.163 e. The van der Waals surface area contributed by atoms with Crippen molar-refractivity contribution in [3.8, 4) is 5.75 Å². The van der Waals surface area contributed by atoms with Gasteiger partial charge < -0.3 is 4.74 Å². The summed E-state index contributed by atoms with van der Waals surface area (Å²) >= 11 is 0. The van der Waals surface area contributed by atoms with Crippen molar-refractivity contribution in [2.24, 2.45) is 0 Å². The van der Waals surface area contributed by atoms with Gasteiger partial charge in [-0.25, -0.2) is 8.78 Å². The molecule has 0 spiro atoms. The van der Waals surface area contributed by atoms with Crippen LogP contribution in [0.15, 0.2) is 36.4 Å². The minimum absolute atomic E-state index is 0.129. The molecule has 0 amide bonds. The molecule has 0 saturated carbocycles. The first kappa shape index (κ1) is 13.7. The van der Waals surface area contributed by atoms with E-state index in [0.29, 0.717) is 23.3 Å². The normalized spacial score (nSPS) is 13.9. The van der Waals surface area contributed by atoms with Gasteiger partial charge in [0.15, 0.2) is 17.4 Å². The Morgan fingerprint density at radius 3 is 2.67 bits per heavy atom. The number of rotatable bonds is 3. The summed E-state index contributed by atoms with van der Waals surface area (Å²) < 4.78 is 31.5. The van der Waals surface area contributed by atoms with Gasteiger partial charge in [0.05, 0.1) is 0 Å². The van der Waals surface area contributed by atoms with Crippen LogP contribution in [-0.2, 0) is 13.0 Å². The minimum atomic E-state index is -0.892. The predicted octanol–water partition coefficient (Wildman–Crippen LogP) is 4.06. The van der Waals surface area contributed by atoms with Gasteiger partial charge in [-0.05, 0) is 48.2 Å². The molecule has 3 rings (SSSR count). The average molecular weight is 288 g/mol. The van der Waals surface area contributed by atoms with Gasteiger partial charge in [0.2, 0.25) is 0 Å². The van der Waals surface area contributed by atoms with Crippen LogP contribution in [0, 0.1) is 11.6 Å². The van der Waals surface area contributed by atoms with E-state index in [1.807, 2.05) is 6.07 Å². The van der Waals surface area contributed by atoms with Gasteiger partial charge in [-0.2, -0.15) is 0 Å². The van der Waals surface area contributed by atoms with Crippen LogP contribution in [0.25, 0.3) is 0 Å². The zero-order valence-corrected chi connectivity index (χ0v) is 11.4. The van der Waals surface area contributed by atoms with Crippen LogP contribution in [-0.4, -0.2) is 5.78 Å². The first-order chi connectivity index (χ1) is 10.1. The smallest absolute Gasteiger partial charge is 0.163 e. The van der Waals surface area contributed by atoms with Crippen LogP contribution in [0.2, 0.25) is 0 Å². The third-order valence-electron chi connectivity index (χ3n) is 3.62. The summed E-state index contributed by atoms with van der Waals surface area (Å²) in [5.41, 5.74) is 2.30. The van der Waals surface area contributed by atoms with Crippen molar-refractivity contribution >= 4 is 5.78 Å². The molecule has 0 aromatic heterocycles. The molecule has 2 aromatic rings. The van der Waals surface area contributed by atoms with Gasteiger partial charge >= 0.3 is 0 Å². The maximum atomic E-state index is 13.1. The molecule has 0 saturated heterocycles. The number of halogens is 2. The lowest BCUT2D eigenvalue weighted by molar-refractivity contribution is 0.0972. The Bertz CT molecular complexity index is 695. The second-order valence-corrected chi connectivity index (χ2v) is 5.13. The summed E-state index contributed by atoms with van der Waals surface area (Å²) in [5.74, 6) is -1.07. The summed E-state index contributed by atoms with van der Waals surface area (Å²) in [5, 5.41) is 0. The Labute approximate surface area is 121 Å². The first-order valence-electron chi connectivity index (χ1n) is 6.86. The highest BCUT2D eigenvalue weighted by Crippen LogP contribution is 2.26. The zero-order valence-electron chi connectivity index (χ0n) is 11.4. The summed E-state index contributed by atoms with van der Waals surface area (Å²) in [7, 11) is 0. The van der Waals surface area contributed by atoms with E-state index < -0.39 is 11.6 Å². The number of carbonyl (C=O) groups is 1. The average Bonchev–Trinajstić information content (AvgIpc) is 2.49. The standard InChI is InChI=1S/C17H14F2O2/c18-15-7-4-11(8-16(15)19)10-21-13-6-5-12-2-1-3-17(20)14(12)9-13/h4-9H,1-3,10H2. The van der Waals surface area contributed by atoms with Crippen molar-refractivity contribution in [2.45, 2.75) is 25.9 Å². The van der Waals surface area contributed by atoms with Gasteiger partial charge in [0.1, 0.15) is 12.4 Å². The molecule has 0 N–H and O–H groups in total. The number of benzene rings is 2. The van der Waals surface area contributed by atoms with E-state index in [1.165, 1.54) is 6.07 Å². The van der Waals surface area contributed by atoms with E-state index in [-0.39, 0.29) is 12.4 Å². The van der Waals surface area contributed by atoms with Crippen LogP contribution in [0.5, 0.6) is 5.75 Å². The van der Waals surface area contributed by atoms with Crippen molar-refractivity contribution < 1.29 is 18.3 Å². The van der Waals surface area contributed by atoms with Crippen LogP contribution in [0.3, 0.4) is 0 Å². The molecule has 0 radical (unpaired) electrons. The third kappa shape index (κ3) is 2.94. The molecule has 2 nitrogen and oxygen atoms in total. The molecule has 4 heteroatoms. The number of aryl methyl sites for hydroxylation is 1. The Morgan fingerprint density at radius 2 is 1.86 bits per heavy atom. The quantitative estimate of drug-likeness (QED) is 0.851. The highest BCUT2D eigenvalue weighted by Gasteiger charge is 2.17. The summed E-state index contributed by atoms with van der Waals surface area (Å²) in [6, 6.07) is 9.09. The fourth-order valence-corrected chi connectivity index (χ4v) is 2.49. The van der Waals surface area contributed by atoms with E-state index in [2.05, 4.69) is 0 Å². The van der Waals surface area contributed by atoms with Crippen LogP contribution < -0.4 is 4.74 Å². The Hall–Kier alpha value is -2.23. The molecular weight excluding hydrogens is 274 g/mol. The van der Waals surface area contributed by atoms with Crippen LogP contribution >= 0.6 is 0 Å². The van der Waals surface area contributed by atoms with Gasteiger partial charge in [-0.1, -0.05) is 12.1 Å². The van der Waals surface area contributed by atoms with Crippen molar-refractivity contribution in [1.29, 1.82) is 0 Å². The van der Waals surface area contributed by atoms with Crippen LogP contribution in [0.1, 0.15) is 34.3 Å². The summed E-state index contributed by atoms with van der Waals surface area (Å²) in [6.07, 6.45) is 2.37. The van der Waals surface area contributed by atoms with Crippen molar-refractivity contribution in [1.82, 2.24) is 0 Å². The second-order valence-electron chi connectivity index (χ2n) is 5.13. The molecule has 21 heavy (non-hydrogen) atoms. The van der Waals surface area contributed by atoms with Crippen LogP contribution in [0.4, 0.5) is 8.78 Å². The molecule has 2 aromatic carbocycles. The third-order valence-corrected chi connectivity index (χ3v) is 3.62. The first-order valence-corrected chi connectivity index (χ1v) is 6.86. The SMILES string of the molecule is O=C1CCCc2ccc(OCc3ccc(F)c(F)c3)cc21. The van der Waals surface area contributed by atoms with Gasteiger partial charge in [0, 0.05) is 12.0 Å². The number of Topliss-reactive ketones (excluding diaryl/α,β-unsaturated/α-hetero) is 1. The lowest BCUT2D eigenvalue weighted by Crippen LogP contribution is -2.10. The molecular formula is C17H14F2O2. The molecule has 0 aliphatic heterocycles. The van der Waals surface area contributed by atoms with E-state index in [4.69, 9.17) is 4.74 Å². The van der Waals surface area contributed by atoms with E-state index in [9.17, 15) is 13.6 Å². The zero-order chi connectivity index (χ0) is 14.8. The van der Waals surface area contributed by atoms with E-state index in [1.54, 1.807) is 12.1 Å². The summed E-state index contributed by atoms with van der Waals surface area (Å²) in [6.45, 7) is 0.129. The number of carbonyl (C=O) groups excluding carboxylic acids is 1. The number of ether oxygens (including phenoxy) is 1. The molecule has 0 bridgehead atoms. The molecule has 0 heterocycles. The van der Waals surface area contributed by atoms with E-state index >= 15 is 0 Å². The lowest BCUT2D eigenvalue weighted by atomic mass is 9.90. The molecule has 1 aliphatic rings. The van der Waals surface area contributed by atoms with Crippen molar-refractivity contribution in [3.63, 3.8) is 0 Å². The summed E-state index contributed by atoms with van der Waals surface area (Å²) in [4.78, 5) is 11.8. The Balaban J connectivity index is 1.75. The van der Waals surface area contributed by atoms with Gasteiger partial charge in [-0.3, -0.25) is 4.79 Å². The molecule has 0 fully saturated rings. The number of hydrogen-bond donors (Lipinski definition) is 0. The van der Waals surface area contributed by atoms with Crippen molar-refractivity contribution in [2.75, 3.05) is 0 Å². The van der Waals surface area contributed by atoms with Gasteiger partial charge in [0.25, 0.3) is 0 Å². The molecule has 1 aliphatic carbocycles. The number of ketones is 1. The largest absolute Gasteiger partial charge is 0.489 e. The Kier molecular flexibility index (Phi) is 3.69. The fraction of sp³-hybridized carbons (Fsp3) is 0.235. The number of hydrogen-bond acceptors (Lipinski definition) is 2. The molecule has 108 valence electrons. The monoisotopic (exact) mass is 288 g/mol. The maximum absolute atomic E-state index is 13.1. The molecule has 0 unspecified atom stereocenters. The van der Waals surface area contributed by atoms with Crippen molar-refractivity contribution in [3.05, 3.63) is 64.7 Å². The highest BCUT2D eigenvalue weighted by molar-refractivity contribution is 5.98. The topological polar surface area (TPSA) is 26.3 Å². The molecule has 0 atom stereocenters. The van der Waals surface area contributed by atoms with E-state index in [0.717, 1.165) is 30.5 Å². The highest BCUT2D eigenvalue weighted by atomic mass is 19.2. The second kappa shape index (κ2) is 5.64.